The van der Waals surface area contributed by atoms with Crippen molar-refractivity contribution in [3.05, 3.63) is 0 Å². The first-order valence-electron chi connectivity index (χ1n) is 5.26. The van der Waals surface area contributed by atoms with E-state index >= 15 is 0 Å². The van der Waals surface area contributed by atoms with Gasteiger partial charge in [-0.05, 0) is 7.05 Å². The molecule has 0 aromatic carbocycles. The lowest BCUT2D eigenvalue weighted by atomic mass is 9.73. The van der Waals surface area contributed by atoms with Crippen molar-refractivity contribution in [2.45, 2.75) is 24.9 Å². The van der Waals surface area contributed by atoms with Gasteiger partial charge in [-0.15, -0.1) is 0 Å². The van der Waals surface area contributed by atoms with Crippen LogP contribution in [0.15, 0.2) is 0 Å². The number of piperidine rings is 1. The van der Waals surface area contributed by atoms with Crippen LogP contribution in [0.5, 0.6) is 0 Å². The first kappa shape index (κ1) is 15.1. The fourth-order valence-corrected chi connectivity index (χ4v) is 2.23. The maximum absolute atomic E-state index is 13.8. The van der Waals surface area contributed by atoms with Crippen LogP contribution in [0, 0.1) is 5.41 Å². The summed E-state index contributed by atoms with van der Waals surface area (Å²) in [7, 11) is 2.20. The van der Waals surface area contributed by atoms with Gasteiger partial charge in [0.25, 0.3) is 5.92 Å². The third-order valence-electron chi connectivity index (χ3n) is 3.13. The monoisotopic (exact) mass is 275 g/mol. The zero-order valence-electron chi connectivity index (χ0n) is 9.98. The van der Waals surface area contributed by atoms with Crippen molar-refractivity contribution >= 4 is 5.97 Å². The number of likely N-dealkylation sites (tertiary alicyclic amines) is 1. The molecule has 1 unspecified atom stereocenters. The number of hydrogen-bond donors (Lipinski definition) is 0. The highest BCUT2D eigenvalue weighted by Crippen LogP contribution is 2.50. The summed E-state index contributed by atoms with van der Waals surface area (Å²) in [6.07, 6.45) is -7.55. The molecule has 0 bridgehead atoms. The molecule has 1 aliphatic rings. The van der Waals surface area contributed by atoms with Crippen LogP contribution in [0.1, 0.15) is 12.8 Å². The molecule has 0 aromatic rings. The van der Waals surface area contributed by atoms with E-state index in [0.29, 0.717) is 0 Å². The summed E-state index contributed by atoms with van der Waals surface area (Å²) in [5, 5.41) is 0. The number of hydrogen-bond acceptors (Lipinski definition) is 3. The predicted octanol–water partition coefficient (Wildman–Crippen LogP) is 2.07. The van der Waals surface area contributed by atoms with Crippen molar-refractivity contribution in [3.63, 3.8) is 0 Å². The normalized spacial score (nSPS) is 29.1. The van der Waals surface area contributed by atoms with E-state index in [1.807, 2.05) is 0 Å². The van der Waals surface area contributed by atoms with Crippen LogP contribution in [0.3, 0.4) is 0 Å². The first-order chi connectivity index (χ1) is 8.04. The molecule has 0 aliphatic carbocycles. The van der Waals surface area contributed by atoms with Gasteiger partial charge in [-0.3, -0.25) is 4.79 Å². The molecule has 0 spiro atoms. The summed E-state index contributed by atoms with van der Waals surface area (Å²) in [6.45, 7) is -0.740. The molecule has 1 heterocycles. The number of halogens is 5. The zero-order chi connectivity index (χ0) is 14.2. The maximum Gasteiger partial charge on any atom is 0.390 e. The number of alkyl halides is 5. The van der Waals surface area contributed by atoms with E-state index in [0.717, 1.165) is 7.11 Å². The van der Waals surface area contributed by atoms with E-state index in [4.69, 9.17) is 0 Å². The Hall–Kier alpha value is -0.920. The fourth-order valence-electron chi connectivity index (χ4n) is 2.23. The van der Waals surface area contributed by atoms with Gasteiger partial charge in [-0.2, -0.15) is 13.2 Å². The average molecular weight is 275 g/mol. The van der Waals surface area contributed by atoms with Gasteiger partial charge in [0.1, 0.15) is 0 Å². The minimum Gasteiger partial charge on any atom is -0.468 e. The van der Waals surface area contributed by atoms with Crippen molar-refractivity contribution in [1.82, 2.24) is 4.90 Å². The lowest BCUT2D eigenvalue weighted by molar-refractivity contribution is -0.237. The van der Waals surface area contributed by atoms with Crippen molar-refractivity contribution in [3.8, 4) is 0 Å². The van der Waals surface area contributed by atoms with E-state index in [9.17, 15) is 26.7 Å². The molecule has 0 aromatic heterocycles. The van der Waals surface area contributed by atoms with Gasteiger partial charge in [-0.1, -0.05) is 0 Å². The summed E-state index contributed by atoms with van der Waals surface area (Å²) >= 11 is 0. The summed E-state index contributed by atoms with van der Waals surface area (Å²) in [6, 6.07) is 0. The second-order valence-electron chi connectivity index (χ2n) is 4.56. The number of nitrogens with zero attached hydrogens (tertiary/aromatic N) is 1. The Morgan fingerprint density at radius 2 is 1.94 bits per heavy atom. The summed E-state index contributed by atoms with van der Waals surface area (Å²) in [5.41, 5.74) is -2.85. The van der Waals surface area contributed by atoms with E-state index < -0.39 is 42.9 Å². The molecule has 1 atom stereocenters. The minimum absolute atomic E-state index is 0.0659. The van der Waals surface area contributed by atoms with Crippen LogP contribution in [-0.2, 0) is 9.53 Å². The molecule has 1 rings (SSSR count). The number of carbonyl (C=O) groups excluding carboxylic acids is 1. The number of esters is 1. The second kappa shape index (κ2) is 4.64. The average Bonchev–Trinajstić information content (AvgIpc) is 2.20. The smallest absolute Gasteiger partial charge is 0.390 e. The third-order valence-corrected chi connectivity index (χ3v) is 3.13. The van der Waals surface area contributed by atoms with Crippen LogP contribution >= 0.6 is 0 Å². The first-order valence-corrected chi connectivity index (χ1v) is 5.26. The van der Waals surface area contributed by atoms with E-state index in [2.05, 4.69) is 4.74 Å². The van der Waals surface area contributed by atoms with Crippen LogP contribution in [0.2, 0.25) is 0 Å². The Balaban J connectivity index is 3.19. The Bertz CT molecular complexity index is 331. The second-order valence-corrected chi connectivity index (χ2v) is 4.56. The highest BCUT2D eigenvalue weighted by molar-refractivity contribution is 5.78. The zero-order valence-corrected chi connectivity index (χ0v) is 9.98. The van der Waals surface area contributed by atoms with Crippen molar-refractivity contribution in [2.24, 2.45) is 5.41 Å². The SMILES string of the molecule is COC(=O)C1(CC(F)(F)F)CN(C)CCC1(F)F. The van der Waals surface area contributed by atoms with E-state index in [1.54, 1.807) is 0 Å². The van der Waals surface area contributed by atoms with E-state index in [-0.39, 0.29) is 6.54 Å². The van der Waals surface area contributed by atoms with Crippen molar-refractivity contribution in [1.29, 1.82) is 0 Å². The molecule has 8 heteroatoms. The lowest BCUT2D eigenvalue weighted by Gasteiger charge is -2.44. The summed E-state index contributed by atoms with van der Waals surface area (Å²) < 4.78 is 69.3. The minimum atomic E-state index is -4.87. The van der Waals surface area contributed by atoms with Gasteiger partial charge < -0.3 is 9.64 Å². The van der Waals surface area contributed by atoms with Crippen LogP contribution < -0.4 is 0 Å². The predicted molar refractivity (Wildman–Crippen MR) is 52.2 cm³/mol. The van der Waals surface area contributed by atoms with Crippen molar-refractivity contribution < 1.29 is 31.5 Å². The fraction of sp³-hybridized carbons (Fsp3) is 0.900. The quantitative estimate of drug-likeness (QED) is 0.571. The van der Waals surface area contributed by atoms with Gasteiger partial charge in [0.15, 0.2) is 5.41 Å². The topological polar surface area (TPSA) is 29.5 Å². The molecule has 1 saturated heterocycles. The Kier molecular flexibility index (Phi) is 3.90. The molecular weight excluding hydrogens is 261 g/mol. The molecule has 1 aliphatic heterocycles. The number of rotatable bonds is 2. The third kappa shape index (κ3) is 2.73. The highest BCUT2D eigenvalue weighted by atomic mass is 19.4. The molecule has 0 amide bonds. The molecule has 0 radical (unpaired) electrons. The largest absolute Gasteiger partial charge is 0.468 e. The molecule has 3 nitrogen and oxygen atoms in total. The Labute approximate surface area is 101 Å². The summed E-state index contributed by atoms with van der Waals surface area (Å²) in [4.78, 5) is 12.8. The summed E-state index contributed by atoms with van der Waals surface area (Å²) in [5.74, 6) is -5.25. The van der Waals surface area contributed by atoms with Gasteiger partial charge in [0.05, 0.1) is 13.5 Å². The number of methoxy groups -OCH3 is 1. The molecule has 0 saturated carbocycles. The van der Waals surface area contributed by atoms with E-state index in [1.165, 1.54) is 11.9 Å². The number of ether oxygens (including phenoxy) is 1. The van der Waals surface area contributed by atoms with Gasteiger partial charge in [0.2, 0.25) is 0 Å². The van der Waals surface area contributed by atoms with Gasteiger partial charge >= 0.3 is 12.1 Å². The molecular formula is C10H14F5NO2. The molecule has 106 valence electrons. The van der Waals surface area contributed by atoms with Crippen LogP contribution in [-0.4, -0.2) is 50.2 Å². The molecule has 1 fully saturated rings. The van der Waals surface area contributed by atoms with Gasteiger partial charge in [-0.25, -0.2) is 8.78 Å². The molecule has 0 N–H and O–H groups in total. The Morgan fingerprint density at radius 3 is 2.39 bits per heavy atom. The standard InChI is InChI=1S/C10H14F5NO2/c1-16-4-3-9(11,12)8(6-16,7(17)18-2)5-10(13,14)15/h3-6H2,1-2H3. The van der Waals surface area contributed by atoms with Crippen LogP contribution in [0.25, 0.3) is 0 Å². The maximum atomic E-state index is 13.8. The number of carbonyl (C=O) groups is 1. The van der Waals surface area contributed by atoms with Crippen LogP contribution in [0.4, 0.5) is 22.0 Å². The Morgan fingerprint density at radius 1 is 1.39 bits per heavy atom. The van der Waals surface area contributed by atoms with Gasteiger partial charge in [0, 0.05) is 19.5 Å². The lowest BCUT2D eigenvalue weighted by Crippen LogP contribution is -2.60. The highest BCUT2D eigenvalue weighted by Gasteiger charge is 2.65. The molecule has 18 heavy (non-hydrogen) atoms. The van der Waals surface area contributed by atoms with Crippen molar-refractivity contribution in [2.75, 3.05) is 27.2 Å².